The van der Waals surface area contributed by atoms with Gasteiger partial charge >= 0.3 is 6.18 Å². The molecule has 2 saturated heterocycles. The van der Waals surface area contributed by atoms with E-state index in [0.717, 1.165) is 21.4 Å². The minimum Gasteiger partial charge on any atom is -0.363 e. The maximum Gasteiger partial charge on any atom is 0.403 e. The summed E-state index contributed by atoms with van der Waals surface area (Å²) in [7, 11) is 0. The molecule has 4 heterocycles. The van der Waals surface area contributed by atoms with Crippen molar-refractivity contribution in [3.63, 3.8) is 0 Å². The first-order valence-electron chi connectivity index (χ1n) is 14.3. The number of hydrogen-bond donors (Lipinski definition) is 2. The highest BCUT2D eigenvalue weighted by molar-refractivity contribution is 6.28. The van der Waals surface area contributed by atoms with Crippen LogP contribution in [0, 0.1) is 5.41 Å². The standard InChI is InChI=1S/C30H28F3N5O5/c31-30(32,33)28(10-11-28)27(42)36-12-7-19(8-13-36)37-16-17(15-34-37)14-18-4-5-22-24-20(18)2-1-3-21(24)25(40)38(22)29(43)9-6-23(39)35-26(29)41/h1-5,15-16,19,43H,6-14H2,(H,35,39,41). The molecule has 13 heteroatoms. The molecule has 10 nitrogen and oxygen atoms in total. The summed E-state index contributed by atoms with van der Waals surface area (Å²) in [6, 6.07) is 8.73. The summed E-state index contributed by atoms with van der Waals surface area (Å²) in [5.74, 6) is -2.78. The number of rotatable bonds is 5. The lowest BCUT2D eigenvalue weighted by atomic mass is 9.96. The van der Waals surface area contributed by atoms with E-state index in [1.54, 1.807) is 29.1 Å². The molecule has 7 rings (SSSR count). The van der Waals surface area contributed by atoms with Crippen LogP contribution in [-0.4, -0.2) is 68.4 Å². The Balaban J connectivity index is 1.09. The number of nitrogens with one attached hydrogen (secondary N) is 1. The van der Waals surface area contributed by atoms with E-state index in [1.165, 1.54) is 4.90 Å². The molecule has 4 amide bonds. The number of imide groups is 1. The number of amides is 4. The van der Waals surface area contributed by atoms with Crippen molar-refractivity contribution in [1.82, 2.24) is 20.0 Å². The quantitative estimate of drug-likeness (QED) is 0.437. The van der Waals surface area contributed by atoms with Crippen molar-refractivity contribution >= 4 is 40.1 Å². The highest BCUT2D eigenvalue weighted by Gasteiger charge is 2.69. The second-order valence-corrected chi connectivity index (χ2v) is 11.9. The van der Waals surface area contributed by atoms with Crippen molar-refractivity contribution in [3.05, 3.63) is 59.4 Å². The van der Waals surface area contributed by atoms with Crippen LogP contribution in [0.25, 0.3) is 10.8 Å². The van der Waals surface area contributed by atoms with E-state index >= 15 is 0 Å². The number of piperidine rings is 2. The molecule has 3 aliphatic heterocycles. The van der Waals surface area contributed by atoms with Gasteiger partial charge in [-0.25, -0.2) is 0 Å². The fraction of sp³-hybridized carbons (Fsp3) is 0.433. The number of hydrogen-bond acceptors (Lipinski definition) is 6. The summed E-state index contributed by atoms with van der Waals surface area (Å²) in [5.41, 5.74) is -1.86. The summed E-state index contributed by atoms with van der Waals surface area (Å²) in [5, 5.41) is 19.3. The molecule has 3 fully saturated rings. The van der Waals surface area contributed by atoms with Crippen LogP contribution in [-0.2, 0) is 20.8 Å². The van der Waals surface area contributed by atoms with Crippen molar-refractivity contribution in [1.29, 1.82) is 0 Å². The van der Waals surface area contributed by atoms with Gasteiger partial charge in [0.2, 0.25) is 17.5 Å². The molecular weight excluding hydrogens is 567 g/mol. The van der Waals surface area contributed by atoms with Gasteiger partial charge in [0.15, 0.2) is 0 Å². The fourth-order valence-corrected chi connectivity index (χ4v) is 6.74. The van der Waals surface area contributed by atoms with Gasteiger partial charge < -0.3 is 10.0 Å². The Kier molecular flexibility index (Phi) is 6.01. The Morgan fingerprint density at radius 2 is 1.81 bits per heavy atom. The van der Waals surface area contributed by atoms with Crippen molar-refractivity contribution in [2.75, 3.05) is 18.0 Å². The van der Waals surface area contributed by atoms with Crippen LogP contribution in [0.2, 0.25) is 0 Å². The summed E-state index contributed by atoms with van der Waals surface area (Å²) >= 11 is 0. The summed E-state index contributed by atoms with van der Waals surface area (Å²) < 4.78 is 42.1. The first-order valence-corrected chi connectivity index (χ1v) is 14.3. The van der Waals surface area contributed by atoms with Crippen LogP contribution in [0.3, 0.4) is 0 Å². The Morgan fingerprint density at radius 3 is 2.49 bits per heavy atom. The van der Waals surface area contributed by atoms with E-state index in [2.05, 4.69) is 10.4 Å². The van der Waals surface area contributed by atoms with Crippen LogP contribution < -0.4 is 10.2 Å². The third-order valence-electron chi connectivity index (χ3n) is 9.35. The van der Waals surface area contributed by atoms with Crippen LogP contribution in [0.1, 0.15) is 66.1 Å². The third-order valence-corrected chi connectivity index (χ3v) is 9.35. The number of anilines is 1. The number of aromatic nitrogens is 2. The Morgan fingerprint density at radius 1 is 1.07 bits per heavy atom. The zero-order valence-corrected chi connectivity index (χ0v) is 23.0. The molecule has 2 N–H and O–H groups in total. The second kappa shape index (κ2) is 9.37. The zero-order valence-electron chi connectivity index (χ0n) is 23.0. The van der Waals surface area contributed by atoms with Crippen molar-refractivity contribution < 1.29 is 37.5 Å². The minimum absolute atomic E-state index is 0.0490. The SMILES string of the molecule is O=C1CCC(O)(N2C(=O)c3cccc4c(Cc5cnn(C6CCN(C(=O)C7(C(F)(F)F)CC7)CC6)c5)ccc2c34)C(=O)N1. The molecule has 0 spiro atoms. The average molecular weight is 596 g/mol. The molecule has 4 aliphatic rings. The molecule has 1 saturated carbocycles. The van der Waals surface area contributed by atoms with Gasteiger partial charge in [-0.15, -0.1) is 0 Å². The van der Waals surface area contributed by atoms with Gasteiger partial charge in [-0.05, 0) is 54.3 Å². The Bertz CT molecular complexity index is 1710. The van der Waals surface area contributed by atoms with E-state index < -0.39 is 40.9 Å². The molecule has 2 aromatic carbocycles. The van der Waals surface area contributed by atoms with E-state index in [9.17, 15) is 37.5 Å². The topological polar surface area (TPSA) is 125 Å². The van der Waals surface area contributed by atoms with E-state index in [1.807, 2.05) is 18.3 Å². The molecule has 0 radical (unpaired) electrons. The highest BCUT2D eigenvalue weighted by Crippen LogP contribution is 2.58. The Labute approximate surface area is 243 Å². The number of benzene rings is 2. The number of carbonyl (C=O) groups excluding carboxylic acids is 4. The molecule has 1 atom stereocenters. The number of halogens is 3. The minimum atomic E-state index is -4.52. The van der Waals surface area contributed by atoms with Crippen molar-refractivity contribution in [2.24, 2.45) is 5.41 Å². The molecule has 1 unspecified atom stereocenters. The lowest BCUT2D eigenvalue weighted by Gasteiger charge is -2.38. The van der Waals surface area contributed by atoms with Gasteiger partial charge in [-0.2, -0.15) is 18.3 Å². The number of nitrogens with zero attached hydrogens (tertiary/aromatic N) is 4. The molecule has 0 bridgehead atoms. The maximum absolute atomic E-state index is 13.4. The predicted molar refractivity (Wildman–Crippen MR) is 146 cm³/mol. The summed E-state index contributed by atoms with van der Waals surface area (Å²) in [6.07, 6.45) is -0.0105. The molecule has 1 aliphatic carbocycles. The van der Waals surface area contributed by atoms with Gasteiger partial charge in [-0.3, -0.25) is 34.1 Å². The third kappa shape index (κ3) is 4.15. The number of aliphatic hydroxyl groups is 1. The van der Waals surface area contributed by atoms with Crippen molar-refractivity contribution in [2.45, 2.75) is 62.9 Å². The molecule has 43 heavy (non-hydrogen) atoms. The predicted octanol–water partition coefficient (Wildman–Crippen LogP) is 3.22. The second-order valence-electron chi connectivity index (χ2n) is 11.9. The highest BCUT2D eigenvalue weighted by atomic mass is 19.4. The first kappa shape index (κ1) is 27.6. The Hall–Kier alpha value is -4.26. The molecule has 224 valence electrons. The normalized spacial score (nSPS) is 23.7. The van der Waals surface area contributed by atoms with Crippen LogP contribution in [0.15, 0.2) is 42.7 Å². The van der Waals surface area contributed by atoms with E-state index in [-0.39, 0.29) is 44.8 Å². The summed E-state index contributed by atoms with van der Waals surface area (Å²) in [4.78, 5) is 52.8. The van der Waals surface area contributed by atoms with E-state index in [0.29, 0.717) is 35.9 Å². The van der Waals surface area contributed by atoms with Crippen LogP contribution in [0.5, 0.6) is 0 Å². The molecule has 3 aromatic rings. The smallest absolute Gasteiger partial charge is 0.363 e. The average Bonchev–Trinajstić information content (AvgIpc) is 3.60. The number of alkyl halides is 3. The van der Waals surface area contributed by atoms with Gasteiger partial charge in [0.1, 0.15) is 5.41 Å². The van der Waals surface area contributed by atoms with Crippen LogP contribution in [0.4, 0.5) is 18.9 Å². The number of carbonyl (C=O) groups is 4. The largest absolute Gasteiger partial charge is 0.403 e. The van der Waals surface area contributed by atoms with E-state index in [4.69, 9.17) is 0 Å². The zero-order chi connectivity index (χ0) is 30.3. The lowest BCUT2D eigenvalue weighted by Crippen LogP contribution is -2.64. The lowest BCUT2D eigenvalue weighted by molar-refractivity contribution is -0.199. The maximum atomic E-state index is 13.4. The molecular formula is C30H28F3N5O5. The van der Waals surface area contributed by atoms with Gasteiger partial charge in [0.05, 0.1) is 17.9 Å². The van der Waals surface area contributed by atoms with Gasteiger partial charge in [-0.1, -0.05) is 18.2 Å². The molecule has 1 aromatic heterocycles. The van der Waals surface area contributed by atoms with Crippen LogP contribution >= 0.6 is 0 Å². The monoisotopic (exact) mass is 595 g/mol. The fourth-order valence-electron chi connectivity index (χ4n) is 6.74. The first-order chi connectivity index (χ1) is 20.4. The number of likely N-dealkylation sites (tertiary alicyclic amines) is 1. The summed E-state index contributed by atoms with van der Waals surface area (Å²) in [6.45, 7) is 0.489. The van der Waals surface area contributed by atoms with Gasteiger partial charge in [0, 0.05) is 49.5 Å². The van der Waals surface area contributed by atoms with Gasteiger partial charge in [0.25, 0.3) is 11.8 Å². The van der Waals surface area contributed by atoms with Crippen molar-refractivity contribution in [3.8, 4) is 0 Å².